The quantitative estimate of drug-likeness (QED) is 0.575. The summed E-state index contributed by atoms with van der Waals surface area (Å²) in [7, 11) is 0. The summed E-state index contributed by atoms with van der Waals surface area (Å²) in [6.07, 6.45) is 1.98. The summed E-state index contributed by atoms with van der Waals surface area (Å²) in [6.45, 7) is 2.10. The van der Waals surface area contributed by atoms with Gasteiger partial charge in [0.25, 0.3) is 0 Å². The van der Waals surface area contributed by atoms with Crippen LogP contribution in [-0.4, -0.2) is 11.0 Å². The number of anilines is 1. The normalized spacial score (nSPS) is 10.1. The van der Waals surface area contributed by atoms with Crippen LogP contribution in [0.15, 0.2) is 48.5 Å². The fourth-order valence-electron chi connectivity index (χ4n) is 2.10. The molecule has 0 aliphatic heterocycles. The van der Waals surface area contributed by atoms with Crippen molar-refractivity contribution in [3.63, 3.8) is 0 Å². The molecular formula is C18H20FN3OS. The molecule has 0 radical (unpaired) electrons. The van der Waals surface area contributed by atoms with Crippen molar-refractivity contribution in [3.8, 4) is 0 Å². The van der Waals surface area contributed by atoms with Crippen molar-refractivity contribution < 1.29 is 9.18 Å². The maximum atomic E-state index is 13.5. The molecular weight excluding hydrogens is 325 g/mol. The second-order valence-electron chi connectivity index (χ2n) is 5.28. The number of aryl methyl sites for hydroxylation is 2. The molecule has 0 bridgehead atoms. The third-order valence-corrected chi connectivity index (χ3v) is 3.71. The van der Waals surface area contributed by atoms with Gasteiger partial charge in [0.05, 0.1) is 5.69 Å². The minimum Gasteiger partial charge on any atom is -0.329 e. The lowest BCUT2D eigenvalue weighted by Gasteiger charge is -2.12. The van der Waals surface area contributed by atoms with E-state index in [1.54, 1.807) is 18.2 Å². The molecule has 0 saturated heterocycles. The molecule has 0 spiro atoms. The van der Waals surface area contributed by atoms with Crippen LogP contribution in [0.4, 0.5) is 10.1 Å². The number of amides is 1. The van der Waals surface area contributed by atoms with Gasteiger partial charge in [0, 0.05) is 6.42 Å². The van der Waals surface area contributed by atoms with Crippen molar-refractivity contribution in [2.24, 2.45) is 0 Å². The number of benzene rings is 2. The molecule has 0 fully saturated rings. The first-order valence-electron chi connectivity index (χ1n) is 7.76. The maximum absolute atomic E-state index is 13.5. The summed E-state index contributed by atoms with van der Waals surface area (Å²) in [4.78, 5) is 11.8. The van der Waals surface area contributed by atoms with Crippen molar-refractivity contribution in [3.05, 3.63) is 65.5 Å². The first kappa shape index (κ1) is 17.9. The van der Waals surface area contributed by atoms with Gasteiger partial charge in [-0.3, -0.25) is 15.6 Å². The van der Waals surface area contributed by atoms with Gasteiger partial charge in [-0.25, -0.2) is 4.39 Å². The summed E-state index contributed by atoms with van der Waals surface area (Å²) in [6, 6.07) is 14.4. The van der Waals surface area contributed by atoms with Crippen LogP contribution in [0.2, 0.25) is 0 Å². The van der Waals surface area contributed by atoms with E-state index in [9.17, 15) is 9.18 Å². The Morgan fingerprint density at radius 2 is 1.71 bits per heavy atom. The number of rotatable bonds is 5. The molecule has 0 heterocycles. The van der Waals surface area contributed by atoms with Crippen LogP contribution in [0.25, 0.3) is 0 Å². The molecule has 2 rings (SSSR count). The number of para-hydroxylation sites is 1. The molecule has 0 aliphatic rings. The van der Waals surface area contributed by atoms with E-state index >= 15 is 0 Å². The standard InChI is InChI=1S/C18H20FN3OS/c1-2-13-7-9-14(10-8-13)11-12-17(23)21-22-18(24)20-16-6-4-3-5-15(16)19/h3-10H,2,11-12H2,1H3,(H,21,23)(H2,20,22,24). The van der Waals surface area contributed by atoms with Gasteiger partial charge in [0.15, 0.2) is 5.11 Å². The summed E-state index contributed by atoms with van der Waals surface area (Å²) < 4.78 is 13.5. The van der Waals surface area contributed by atoms with Crippen LogP contribution in [0.5, 0.6) is 0 Å². The zero-order valence-electron chi connectivity index (χ0n) is 13.4. The highest BCUT2D eigenvalue weighted by Crippen LogP contribution is 2.11. The predicted molar refractivity (Wildman–Crippen MR) is 98.0 cm³/mol. The first-order chi connectivity index (χ1) is 11.6. The van der Waals surface area contributed by atoms with Gasteiger partial charge >= 0.3 is 0 Å². The highest BCUT2D eigenvalue weighted by molar-refractivity contribution is 7.80. The lowest BCUT2D eigenvalue weighted by atomic mass is 10.1. The second kappa shape index (κ2) is 8.98. The summed E-state index contributed by atoms with van der Waals surface area (Å²) in [5.74, 6) is -0.601. The van der Waals surface area contributed by atoms with E-state index in [-0.39, 0.29) is 16.7 Å². The third-order valence-electron chi connectivity index (χ3n) is 3.51. The number of hydrogen-bond acceptors (Lipinski definition) is 2. The zero-order chi connectivity index (χ0) is 17.4. The van der Waals surface area contributed by atoms with Crippen LogP contribution >= 0.6 is 12.2 Å². The van der Waals surface area contributed by atoms with Gasteiger partial charge < -0.3 is 5.32 Å². The number of nitrogens with one attached hydrogen (secondary N) is 3. The Bertz CT molecular complexity index is 704. The molecule has 0 aromatic heterocycles. The molecule has 24 heavy (non-hydrogen) atoms. The van der Waals surface area contributed by atoms with Crippen molar-refractivity contribution in [1.29, 1.82) is 0 Å². The van der Waals surface area contributed by atoms with Crippen LogP contribution < -0.4 is 16.2 Å². The number of carbonyl (C=O) groups excluding carboxylic acids is 1. The van der Waals surface area contributed by atoms with Crippen molar-refractivity contribution in [2.75, 3.05) is 5.32 Å². The van der Waals surface area contributed by atoms with E-state index in [1.165, 1.54) is 11.6 Å². The molecule has 4 nitrogen and oxygen atoms in total. The summed E-state index contributed by atoms with van der Waals surface area (Å²) >= 11 is 5.02. The van der Waals surface area contributed by atoms with E-state index in [1.807, 2.05) is 12.1 Å². The fourth-order valence-corrected chi connectivity index (χ4v) is 2.27. The Kier molecular flexibility index (Phi) is 6.69. The Morgan fingerprint density at radius 1 is 1.04 bits per heavy atom. The number of hydrazine groups is 1. The minimum absolute atomic E-state index is 0.126. The SMILES string of the molecule is CCc1ccc(CCC(=O)NNC(=S)Nc2ccccc2F)cc1. The molecule has 0 aliphatic carbocycles. The van der Waals surface area contributed by atoms with Gasteiger partial charge in [0.1, 0.15) is 5.82 Å². The van der Waals surface area contributed by atoms with Crippen LogP contribution in [-0.2, 0) is 17.6 Å². The Morgan fingerprint density at radius 3 is 2.38 bits per heavy atom. The molecule has 0 atom stereocenters. The van der Waals surface area contributed by atoms with Gasteiger partial charge in [-0.1, -0.05) is 43.3 Å². The first-order valence-corrected chi connectivity index (χ1v) is 8.17. The zero-order valence-corrected chi connectivity index (χ0v) is 14.3. The summed E-state index contributed by atoms with van der Waals surface area (Å²) in [5.41, 5.74) is 7.70. The molecule has 1 amide bonds. The van der Waals surface area contributed by atoms with Crippen LogP contribution in [0.1, 0.15) is 24.5 Å². The third kappa shape index (κ3) is 5.62. The van der Waals surface area contributed by atoms with E-state index in [0.717, 1.165) is 12.0 Å². The fraction of sp³-hybridized carbons (Fsp3) is 0.222. The van der Waals surface area contributed by atoms with Gasteiger partial charge in [-0.2, -0.15) is 0 Å². The highest BCUT2D eigenvalue weighted by atomic mass is 32.1. The van der Waals surface area contributed by atoms with Crippen LogP contribution in [0.3, 0.4) is 0 Å². The van der Waals surface area contributed by atoms with E-state index in [2.05, 4.69) is 35.2 Å². The second-order valence-corrected chi connectivity index (χ2v) is 5.69. The molecule has 0 unspecified atom stereocenters. The number of hydrogen-bond donors (Lipinski definition) is 3. The Labute approximate surface area is 146 Å². The molecule has 2 aromatic carbocycles. The molecule has 6 heteroatoms. The molecule has 126 valence electrons. The highest BCUT2D eigenvalue weighted by Gasteiger charge is 2.05. The molecule has 2 aromatic rings. The lowest BCUT2D eigenvalue weighted by molar-refractivity contribution is -0.121. The predicted octanol–water partition coefficient (Wildman–Crippen LogP) is 3.34. The van der Waals surface area contributed by atoms with Crippen molar-refractivity contribution in [2.45, 2.75) is 26.2 Å². The molecule has 3 N–H and O–H groups in total. The van der Waals surface area contributed by atoms with Crippen molar-refractivity contribution in [1.82, 2.24) is 10.9 Å². The number of carbonyl (C=O) groups is 1. The minimum atomic E-state index is -0.413. The van der Waals surface area contributed by atoms with E-state index in [0.29, 0.717) is 12.8 Å². The van der Waals surface area contributed by atoms with Gasteiger partial charge in [0.2, 0.25) is 5.91 Å². The molecule has 0 saturated carbocycles. The van der Waals surface area contributed by atoms with Gasteiger partial charge in [-0.15, -0.1) is 0 Å². The topological polar surface area (TPSA) is 53.2 Å². The smallest absolute Gasteiger partial charge is 0.238 e. The van der Waals surface area contributed by atoms with E-state index < -0.39 is 5.82 Å². The summed E-state index contributed by atoms with van der Waals surface area (Å²) in [5, 5.41) is 2.81. The number of halogens is 1. The largest absolute Gasteiger partial charge is 0.329 e. The lowest BCUT2D eigenvalue weighted by Crippen LogP contribution is -2.43. The Balaban J connectivity index is 1.72. The monoisotopic (exact) mass is 345 g/mol. The Hall–Kier alpha value is -2.47. The van der Waals surface area contributed by atoms with Gasteiger partial charge in [-0.05, 0) is 48.3 Å². The average molecular weight is 345 g/mol. The average Bonchev–Trinajstić information content (AvgIpc) is 2.60. The van der Waals surface area contributed by atoms with Crippen LogP contribution in [0, 0.1) is 5.82 Å². The van der Waals surface area contributed by atoms with E-state index in [4.69, 9.17) is 12.2 Å². The van der Waals surface area contributed by atoms with Crippen molar-refractivity contribution >= 4 is 28.9 Å². The maximum Gasteiger partial charge on any atom is 0.238 e. The number of thiocarbonyl (C=S) groups is 1.